The third-order valence-electron chi connectivity index (χ3n) is 3.89. The van der Waals surface area contributed by atoms with Gasteiger partial charge in [0.05, 0.1) is 4.90 Å². The van der Waals surface area contributed by atoms with Gasteiger partial charge in [-0.05, 0) is 55.5 Å². The van der Waals surface area contributed by atoms with Crippen molar-refractivity contribution in [1.82, 2.24) is 10.0 Å². The Morgan fingerprint density at radius 2 is 2.00 bits per heavy atom. The minimum Gasteiger partial charge on any atom is -0.313 e. The van der Waals surface area contributed by atoms with Crippen molar-refractivity contribution in [3.05, 3.63) is 29.3 Å². The van der Waals surface area contributed by atoms with Gasteiger partial charge in [-0.15, -0.1) is 0 Å². The van der Waals surface area contributed by atoms with Crippen LogP contribution in [0, 0.1) is 12.8 Å². The minimum absolute atomic E-state index is 0.105. The highest BCUT2D eigenvalue weighted by Crippen LogP contribution is 2.28. The van der Waals surface area contributed by atoms with Gasteiger partial charge in [-0.2, -0.15) is 0 Å². The molecular formula is C15H24N2O2S. The SMILES string of the molecule is CCNCc1cc(S(=O)(=O)NC2CC(C)C2)ccc1C. The molecule has 0 radical (unpaired) electrons. The molecule has 0 bridgehead atoms. The molecule has 1 aromatic rings. The predicted molar refractivity (Wildman–Crippen MR) is 81.1 cm³/mol. The van der Waals surface area contributed by atoms with E-state index in [4.69, 9.17) is 0 Å². The number of hydrogen-bond acceptors (Lipinski definition) is 3. The zero-order valence-electron chi connectivity index (χ0n) is 12.4. The summed E-state index contributed by atoms with van der Waals surface area (Å²) in [7, 11) is -3.39. The first-order valence-electron chi connectivity index (χ1n) is 7.25. The lowest BCUT2D eigenvalue weighted by Gasteiger charge is -2.32. The Bertz CT molecular complexity index is 563. The van der Waals surface area contributed by atoms with Crippen LogP contribution >= 0.6 is 0 Å². The molecule has 0 amide bonds. The molecule has 1 aliphatic carbocycles. The second kappa shape index (κ2) is 6.24. The van der Waals surface area contributed by atoms with E-state index in [0.717, 1.165) is 30.5 Å². The Hall–Kier alpha value is -0.910. The summed E-state index contributed by atoms with van der Waals surface area (Å²) in [5.74, 6) is 0.630. The van der Waals surface area contributed by atoms with E-state index in [2.05, 4.69) is 17.0 Å². The maximum atomic E-state index is 12.3. The summed E-state index contributed by atoms with van der Waals surface area (Å²) in [6.45, 7) is 7.76. The molecule has 0 unspecified atom stereocenters. The number of rotatable bonds is 6. The van der Waals surface area contributed by atoms with Crippen molar-refractivity contribution in [3.8, 4) is 0 Å². The van der Waals surface area contributed by atoms with E-state index in [1.807, 2.05) is 19.9 Å². The lowest BCUT2D eigenvalue weighted by Crippen LogP contribution is -2.43. The first-order chi connectivity index (χ1) is 9.42. The van der Waals surface area contributed by atoms with Crippen molar-refractivity contribution < 1.29 is 8.42 Å². The first-order valence-corrected chi connectivity index (χ1v) is 8.73. The van der Waals surface area contributed by atoms with Gasteiger partial charge in [0.25, 0.3) is 0 Å². The van der Waals surface area contributed by atoms with E-state index in [9.17, 15) is 8.42 Å². The van der Waals surface area contributed by atoms with E-state index < -0.39 is 10.0 Å². The molecule has 0 aliphatic heterocycles. The molecule has 20 heavy (non-hydrogen) atoms. The van der Waals surface area contributed by atoms with Crippen LogP contribution in [0.15, 0.2) is 23.1 Å². The molecule has 1 aliphatic rings. The Kier molecular flexibility index (Phi) is 4.83. The third-order valence-corrected chi connectivity index (χ3v) is 5.41. The third kappa shape index (κ3) is 3.59. The number of sulfonamides is 1. The van der Waals surface area contributed by atoms with Gasteiger partial charge in [-0.3, -0.25) is 0 Å². The molecule has 1 fully saturated rings. The average molecular weight is 296 g/mol. The predicted octanol–water partition coefficient (Wildman–Crippen LogP) is 2.18. The summed E-state index contributed by atoms with van der Waals surface area (Å²) in [5, 5.41) is 3.24. The molecule has 112 valence electrons. The topological polar surface area (TPSA) is 58.2 Å². The molecule has 1 saturated carbocycles. The van der Waals surface area contributed by atoms with Crippen molar-refractivity contribution >= 4 is 10.0 Å². The number of aryl methyl sites for hydroxylation is 1. The van der Waals surface area contributed by atoms with E-state index in [0.29, 0.717) is 17.4 Å². The van der Waals surface area contributed by atoms with Crippen molar-refractivity contribution in [2.24, 2.45) is 5.92 Å². The smallest absolute Gasteiger partial charge is 0.240 e. The molecule has 0 saturated heterocycles. The normalized spacial score (nSPS) is 22.6. The number of hydrogen-bond donors (Lipinski definition) is 2. The van der Waals surface area contributed by atoms with Gasteiger partial charge >= 0.3 is 0 Å². The number of nitrogens with one attached hydrogen (secondary N) is 2. The van der Waals surface area contributed by atoms with E-state index in [-0.39, 0.29) is 6.04 Å². The maximum absolute atomic E-state index is 12.3. The van der Waals surface area contributed by atoms with Gasteiger partial charge in [0.1, 0.15) is 0 Å². The molecular weight excluding hydrogens is 272 g/mol. The van der Waals surface area contributed by atoms with Gasteiger partial charge < -0.3 is 5.32 Å². The molecule has 0 spiro atoms. The fourth-order valence-corrected chi connectivity index (χ4v) is 3.86. The number of benzene rings is 1. The van der Waals surface area contributed by atoms with Crippen LogP contribution in [-0.2, 0) is 16.6 Å². The Balaban J connectivity index is 2.14. The summed E-state index contributed by atoms with van der Waals surface area (Å²) in [6, 6.07) is 5.45. The molecule has 0 atom stereocenters. The summed E-state index contributed by atoms with van der Waals surface area (Å²) in [4.78, 5) is 0.371. The zero-order chi connectivity index (χ0) is 14.8. The van der Waals surface area contributed by atoms with Gasteiger partial charge in [0, 0.05) is 12.6 Å². The monoisotopic (exact) mass is 296 g/mol. The second-order valence-corrected chi connectivity index (χ2v) is 7.48. The van der Waals surface area contributed by atoms with E-state index >= 15 is 0 Å². The maximum Gasteiger partial charge on any atom is 0.240 e. The van der Waals surface area contributed by atoms with E-state index in [1.165, 1.54) is 0 Å². The Morgan fingerprint density at radius 1 is 1.30 bits per heavy atom. The summed E-state index contributed by atoms with van der Waals surface area (Å²) < 4.78 is 27.5. The Morgan fingerprint density at radius 3 is 2.60 bits per heavy atom. The highest BCUT2D eigenvalue weighted by molar-refractivity contribution is 7.89. The fourth-order valence-electron chi connectivity index (χ4n) is 2.55. The second-order valence-electron chi connectivity index (χ2n) is 5.76. The van der Waals surface area contributed by atoms with Crippen molar-refractivity contribution in [3.63, 3.8) is 0 Å². The highest BCUT2D eigenvalue weighted by atomic mass is 32.2. The van der Waals surface area contributed by atoms with Crippen LogP contribution in [0.5, 0.6) is 0 Å². The molecule has 1 aromatic carbocycles. The molecule has 4 nitrogen and oxygen atoms in total. The van der Waals surface area contributed by atoms with Gasteiger partial charge in [0.15, 0.2) is 0 Å². The summed E-state index contributed by atoms with van der Waals surface area (Å²) in [6.07, 6.45) is 1.88. The minimum atomic E-state index is -3.39. The lowest BCUT2D eigenvalue weighted by molar-refractivity contribution is 0.270. The molecule has 0 aromatic heterocycles. The largest absolute Gasteiger partial charge is 0.313 e. The zero-order valence-corrected chi connectivity index (χ0v) is 13.3. The van der Waals surface area contributed by atoms with Crippen LogP contribution in [0.1, 0.15) is 37.8 Å². The van der Waals surface area contributed by atoms with Crippen molar-refractivity contribution in [2.45, 2.75) is 51.1 Å². The fraction of sp³-hybridized carbons (Fsp3) is 0.600. The molecule has 2 N–H and O–H groups in total. The van der Waals surface area contributed by atoms with Gasteiger partial charge in [-0.25, -0.2) is 13.1 Å². The van der Waals surface area contributed by atoms with Crippen LogP contribution in [0.25, 0.3) is 0 Å². The summed E-state index contributed by atoms with van der Waals surface area (Å²) >= 11 is 0. The van der Waals surface area contributed by atoms with Gasteiger partial charge in [-0.1, -0.05) is 19.9 Å². The average Bonchev–Trinajstić information content (AvgIpc) is 2.35. The summed E-state index contributed by atoms with van der Waals surface area (Å²) in [5.41, 5.74) is 2.15. The molecule has 2 rings (SSSR count). The van der Waals surface area contributed by atoms with Crippen LogP contribution in [0.2, 0.25) is 0 Å². The quantitative estimate of drug-likeness (QED) is 0.846. The molecule has 5 heteroatoms. The molecule has 0 heterocycles. The van der Waals surface area contributed by atoms with Gasteiger partial charge in [0.2, 0.25) is 10.0 Å². The van der Waals surface area contributed by atoms with Crippen LogP contribution in [-0.4, -0.2) is 21.0 Å². The van der Waals surface area contributed by atoms with Crippen molar-refractivity contribution in [1.29, 1.82) is 0 Å². The van der Waals surface area contributed by atoms with Crippen LogP contribution < -0.4 is 10.0 Å². The van der Waals surface area contributed by atoms with Crippen LogP contribution in [0.4, 0.5) is 0 Å². The Labute approximate surface area is 122 Å². The van der Waals surface area contributed by atoms with Crippen LogP contribution in [0.3, 0.4) is 0 Å². The van der Waals surface area contributed by atoms with E-state index in [1.54, 1.807) is 12.1 Å². The van der Waals surface area contributed by atoms with Crippen molar-refractivity contribution in [2.75, 3.05) is 6.54 Å². The lowest BCUT2D eigenvalue weighted by atomic mass is 9.83. The standard InChI is InChI=1S/C15H24N2O2S/c1-4-16-10-13-9-15(6-5-12(13)3)20(18,19)17-14-7-11(2)8-14/h5-6,9,11,14,16-17H,4,7-8,10H2,1-3H3. The first kappa shape index (κ1) is 15.5. The highest BCUT2D eigenvalue weighted by Gasteiger charge is 2.29.